The van der Waals surface area contributed by atoms with Crippen molar-refractivity contribution in [1.29, 1.82) is 0 Å². The molecule has 0 radical (unpaired) electrons. The standard InChI is InChI=1S/C12H25NO/c1-3-6-10(2)12(9-14)13-11-7-4-5-8-11/h10-14H,3-9H2,1-2H3. The van der Waals surface area contributed by atoms with E-state index in [1.165, 1.54) is 38.5 Å². The second-order valence-electron chi connectivity index (χ2n) is 4.70. The zero-order valence-electron chi connectivity index (χ0n) is 9.63. The van der Waals surface area contributed by atoms with E-state index in [-0.39, 0.29) is 6.61 Å². The van der Waals surface area contributed by atoms with Gasteiger partial charge in [0.1, 0.15) is 0 Å². The number of aliphatic hydroxyl groups excluding tert-OH is 1. The molecule has 2 nitrogen and oxygen atoms in total. The van der Waals surface area contributed by atoms with Crippen molar-refractivity contribution in [3.8, 4) is 0 Å². The van der Waals surface area contributed by atoms with Crippen LogP contribution in [-0.2, 0) is 0 Å². The summed E-state index contributed by atoms with van der Waals surface area (Å²) in [5.74, 6) is 0.602. The quantitative estimate of drug-likeness (QED) is 0.688. The number of hydrogen-bond donors (Lipinski definition) is 2. The number of nitrogens with one attached hydrogen (secondary N) is 1. The van der Waals surface area contributed by atoms with E-state index >= 15 is 0 Å². The van der Waals surface area contributed by atoms with Crippen LogP contribution in [0.2, 0.25) is 0 Å². The second kappa shape index (κ2) is 6.41. The Balaban J connectivity index is 2.29. The van der Waals surface area contributed by atoms with Crippen LogP contribution < -0.4 is 5.32 Å². The molecule has 2 atom stereocenters. The van der Waals surface area contributed by atoms with Gasteiger partial charge in [0.15, 0.2) is 0 Å². The molecule has 0 heterocycles. The van der Waals surface area contributed by atoms with E-state index in [9.17, 15) is 5.11 Å². The van der Waals surface area contributed by atoms with Crippen LogP contribution in [0.5, 0.6) is 0 Å². The Morgan fingerprint density at radius 1 is 1.36 bits per heavy atom. The van der Waals surface area contributed by atoms with E-state index in [0.29, 0.717) is 18.0 Å². The molecule has 1 rings (SSSR count). The zero-order valence-corrected chi connectivity index (χ0v) is 9.63. The molecule has 84 valence electrons. The average Bonchev–Trinajstić information content (AvgIpc) is 2.66. The summed E-state index contributed by atoms with van der Waals surface area (Å²) >= 11 is 0. The molecule has 0 aromatic carbocycles. The predicted molar refractivity (Wildman–Crippen MR) is 60.3 cm³/mol. The van der Waals surface area contributed by atoms with E-state index in [1.54, 1.807) is 0 Å². The van der Waals surface area contributed by atoms with Crippen molar-refractivity contribution in [3.05, 3.63) is 0 Å². The maximum Gasteiger partial charge on any atom is 0.0587 e. The highest BCUT2D eigenvalue weighted by atomic mass is 16.3. The van der Waals surface area contributed by atoms with Gasteiger partial charge in [-0.1, -0.05) is 33.1 Å². The van der Waals surface area contributed by atoms with Gasteiger partial charge in [0.2, 0.25) is 0 Å². The third kappa shape index (κ3) is 3.58. The molecule has 2 N–H and O–H groups in total. The van der Waals surface area contributed by atoms with Crippen molar-refractivity contribution in [1.82, 2.24) is 5.32 Å². The van der Waals surface area contributed by atoms with E-state index in [2.05, 4.69) is 19.2 Å². The highest BCUT2D eigenvalue weighted by Crippen LogP contribution is 2.20. The Morgan fingerprint density at radius 3 is 2.50 bits per heavy atom. The molecule has 1 aliphatic carbocycles. The van der Waals surface area contributed by atoms with Gasteiger partial charge in [-0.25, -0.2) is 0 Å². The molecule has 0 aromatic heterocycles. The Hall–Kier alpha value is -0.0800. The van der Waals surface area contributed by atoms with Crippen LogP contribution in [0.4, 0.5) is 0 Å². The Bertz CT molecular complexity index is 143. The van der Waals surface area contributed by atoms with Gasteiger partial charge < -0.3 is 10.4 Å². The van der Waals surface area contributed by atoms with Crippen LogP contribution >= 0.6 is 0 Å². The van der Waals surface area contributed by atoms with Crippen molar-refractivity contribution in [3.63, 3.8) is 0 Å². The maximum absolute atomic E-state index is 9.32. The highest BCUT2D eigenvalue weighted by Gasteiger charge is 2.21. The van der Waals surface area contributed by atoms with Crippen molar-refractivity contribution in [2.24, 2.45) is 5.92 Å². The Labute approximate surface area is 88.1 Å². The van der Waals surface area contributed by atoms with Crippen molar-refractivity contribution >= 4 is 0 Å². The van der Waals surface area contributed by atoms with Gasteiger partial charge in [0.25, 0.3) is 0 Å². The first-order valence-corrected chi connectivity index (χ1v) is 6.14. The minimum absolute atomic E-state index is 0.289. The first-order valence-electron chi connectivity index (χ1n) is 6.14. The van der Waals surface area contributed by atoms with E-state index < -0.39 is 0 Å². The number of aliphatic hydroxyl groups is 1. The second-order valence-corrected chi connectivity index (χ2v) is 4.70. The topological polar surface area (TPSA) is 32.3 Å². The van der Waals surface area contributed by atoms with Gasteiger partial charge in [0, 0.05) is 12.1 Å². The van der Waals surface area contributed by atoms with Crippen molar-refractivity contribution in [2.45, 2.75) is 64.5 Å². The summed E-state index contributed by atoms with van der Waals surface area (Å²) in [5, 5.41) is 12.9. The minimum atomic E-state index is 0.289. The van der Waals surface area contributed by atoms with Crippen molar-refractivity contribution in [2.75, 3.05) is 6.61 Å². The van der Waals surface area contributed by atoms with E-state index in [4.69, 9.17) is 0 Å². The molecule has 1 aliphatic rings. The molecule has 0 aromatic rings. The Kier molecular flexibility index (Phi) is 5.49. The maximum atomic E-state index is 9.32. The molecule has 0 aliphatic heterocycles. The fraction of sp³-hybridized carbons (Fsp3) is 1.00. The van der Waals surface area contributed by atoms with Crippen LogP contribution in [0.25, 0.3) is 0 Å². The van der Waals surface area contributed by atoms with Gasteiger partial charge in [0.05, 0.1) is 6.61 Å². The third-order valence-corrected chi connectivity index (χ3v) is 3.43. The molecular weight excluding hydrogens is 174 g/mol. The van der Waals surface area contributed by atoms with Gasteiger partial charge in [-0.2, -0.15) is 0 Å². The van der Waals surface area contributed by atoms with Crippen LogP contribution in [0.15, 0.2) is 0 Å². The lowest BCUT2D eigenvalue weighted by atomic mass is 9.96. The zero-order chi connectivity index (χ0) is 10.4. The summed E-state index contributed by atoms with van der Waals surface area (Å²) in [4.78, 5) is 0. The normalized spacial score (nSPS) is 22.5. The minimum Gasteiger partial charge on any atom is -0.395 e. The molecule has 0 saturated heterocycles. The number of rotatable bonds is 6. The average molecular weight is 199 g/mol. The van der Waals surface area contributed by atoms with Crippen LogP contribution in [-0.4, -0.2) is 23.8 Å². The largest absolute Gasteiger partial charge is 0.395 e. The molecule has 14 heavy (non-hydrogen) atoms. The summed E-state index contributed by atoms with van der Waals surface area (Å²) in [6.45, 7) is 4.74. The molecule has 1 saturated carbocycles. The fourth-order valence-corrected chi connectivity index (χ4v) is 2.45. The van der Waals surface area contributed by atoms with Crippen LogP contribution in [0.3, 0.4) is 0 Å². The van der Waals surface area contributed by atoms with Gasteiger partial charge in [-0.05, 0) is 25.2 Å². The van der Waals surface area contributed by atoms with Gasteiger partial charge in [-0.15, -0.1) is 0 Å². The summed E-state index contributed by atoms with van der Waals surface area (Å²) in [6.07, 6.45) is 7.75. The van der Waals surface area contributed by atoms with Crippen LogP contribution in [0.1, 0.15) is 52.4 Å². The van der Waals surface area contributed by atoms with E-state index in [1.807, 2.05) is 0 Å². The molecule has 2 unspecified atom stereocenters. The summed E-state index contributed by atoms with van der Waals surface area (Å²) in [5.41, 5.74) is 0. The summed E-state index contributed by atoms with van der Waals surface area (Å²) in [7, 11) is 0. The lowest BCUT2D eigenvalue weighted by Gasteiger charge is -2.26. The van der Waals surface area contributed by atoms with Crippen molar-refractivity contribution < 1.29 is 5.11 Å². The monoisotopic (exact) mass is 199 g/mol. The molecule has 0 spiro atoms. The third-order valence-electron chi connectivity index (χ3n) is 3.43. The van der Waals surface area contributed by atoms with Crippen LogP contribution in [0, 0.1) is 5.92 Å². The Morgan fingerprint density at radius 2 is 2.00 bits per heavy atom. The SMILES string of the molecule is CCCC(C)C(CO)NC1CCCC1. The smallest absolute Gasteiger partial charge is 0.0587 e. The molecule has 1 fully saturated rings. The van der Waals surface area contributed by atoms with E-state index in [0.717, 1.165) is 0 Å². The summed E-state index contributed by atoms with van der Waals surface area (Å²) in [6, 6.07) is 0.990. The molecular formula is C12H25NO. The first-order chi connectivity index (χ1) is 6.77. The molecule has 2 heteroatoms. The van der Waals surface area contributed by atoms with Gasteiger partial charge >= 0.3 is 0 Å². The predicted octanol–water partition coefficient (Wildman–Crippen LogP) is 2.32. The molecule has 0 amide bonds. The first kappa shape index (κ1) is 12.0. The number of hydrogen-bond acceptors (Lipinski definition) is 2. The fourth-order valence-electron chi connectivity index (χ4n) is 2.45. The summed E-state index contributed by atoms with van der Waals surface area (Å²) < 4.78 is 0. The highest BCUT2D eigenvalue weighted by molar-refractivity contribution is 4.81. The lowest BCUT2D eigenvalue weighted by Crippen LogP contribution is -2.43. The molecule has 0 bridgehead atoms. The van der Waals surface area contributed by atoms with Gasteiger partial charge in [-0.3, -0.25) is 0 Å². The lowest BCUT2D eigenvalue weighted by molar-refractivity contribution is 0.187.